The van der Waals surface area contributed by atoms with Gasteiger partial charge in [0.05, 0.1) is 10.2 Å². The fraction of sp³-hybridized carbons (Fsp3) is 0.143. The molecular weight excluding hydrogens is 209 g/mol. The minimum atomic E-state index is -4.41. The fourth-order valence-corrected chi connectivity index (χ4v) is 1.53. The van der Waals surface area contributed by atoms with E-state index in [4.69, 9.17) is 9.79 Å². The van der Waals surface area contributed by atoms with Crippen molar-refractivity contribution < 1.29 is 19.3 Å². The van der Waals surface area contributed by atoms with E-state index in [9.17, 15) is 14.7 Å². The zero-order chi connectivity index (χ0) is 10.9. The number of hydrogen-bond acceptors (Lipinski definition) is 3. The molecule has 0 amide bonds. The van der Waals surface area contributed by atoms with Gasteiger partial charge in [-0.05, 0) is 13.0 Å². The number of nitrogens with zero attached hydrogens (tertiary/aromatic N) is 1. The third kappa shape index (κ3) is 2.17. The highest BCUT2D eigenvalue weighted by molar-refractivity contribution is 7.60. The van der Waals surface area contributed by atoms with Crippen LogP contribution in [0.25, 0.3) is 0 Å². The van der Waals surface area contributed by atoms with Crippen LogP contribution in [0.5, 0.6) is 0 Å². The van der Waals surface area contributed by atoms with Crippen molar-refractivity contribution >= 4 is 18.6 Å². The molecular formula is C7H8NO5P. The summed E-state index contributed by atoms with van der Waals surface area (Å²) in [5.41, 5.74) is 0.0815. The van der Waals surface area contributed by atoms with Crippen LogP contribution in [0, 0.1) is 17.0 Å². The molecule has 14 heavy (non-hydrogen) atoms. The van der Waals surface area contributed by atoms with Crippen molar-refractivity contribution in [2.24, 2.45) is 0 Å². The van der Waals surface area contributed by atoms with Gasteiger partial charge in [0.1, 0.15) is 0 Å². The molecule has 0 atom stereocenters. The Bertz CT molecular complexity index is 424. The third-order valence-electron chi connectivity index (χ3n) is 1.73. The molecule has 0 spiro atoms. The summed E-state index contributed by atoms with van der Waals surface area (Å²) in [6.45, 7) is 1.50. The molecule has 0 radical (unpaired) electrons. The average Bonchev–Trinajstić information content (AvgIpc) is 2.02. The second-order valence-corrected chi connectivity index (χ2v) is 4.38. The van der Waals surface area contributed by atoms with Crippen molar-refractivity contribution in [3.63, 3.8) is 0 Å². The Hall–Kier alpha value is -1.23. The predicted octanol–water partition coefficient (Wildman–Crippen LogP) is 0.706. The maximum Gasteiger partial charge on any atom is 0.356 e. The Morgan fingerprint density at radius 2 is 2.00 bits per heavy atom. The molecule has 0 unspecified atom stereocenters. The molecule has 1 aromatic rings. The molecule has 1 aromatic carbocycles. The fourth-order valence-electron chi connectivity index (χ4n) is 0.976. The molecule has 0 saturated heterocycles. The van der Waals surface area contributed by atoms with Gasteiger partial charge in [-0.3, -0.25) is 14.7 Å². The van der Waals surface area contributed by atoms with E-state index in [0.29, 0.717) is 5.56 Å². The molecule has 0 aliphatic heterocycles. The van der Waals surface area contributed by atoms with Crippen molar-refractivity contribution in [3.05, 3.63) is 33.9 Å². The van der Waals surface area contributed by atoms with Gasteiger partial charge >= 0.3 is 7.60 Å². The Morgan fingerprint density at radius 3 is 2.43 bits per heavy atom. The Balaban J connectivity index is 3.34. The Labute approximate surface area is 79.5 Å². The summed E-state index contributed by atoms with van der Waals surface area (Å²) in [5, 5.41) is 10.1. The molecule has 0 bridgehead atoms. The van der Waals surface area contributed by atoms with Crippen LogP contribution in [0.2, 0.25) is 0 Å². The zero-order valence-corrected chi connectivity index (χ0v) is 8.14. The van der Waals surface area contributed by atoms with E-state index in [1.54, 1.807) is 0 Å². The van der Waals surface area contributed by atoms with E-state index < -0.39 is 12.5 Å². The molecule has 0 aromatic heterocycles. The van der Waals surface area contributed by atoms with Crippen molar-refractivity contribution in [2.45, 2.75) is 6.92 Å². The summed E-state index contributed by atoms with van der Waals surface area (Å²) >= 11 is 0. The van der Waals surface area contributed by atoms with Crippen molar-refractivity contribution in [1.29, 1.82) is 0 Å². The SMILES string of the molecule is Cc1ccc(P(=O)(O)O)cc1[N+](=O)[O-]. The average molecular weight is 217 g/mol. The number of benzene rings is 1. The summed E-state index contributed by atoms with van der Waals surface area (Å²) < 4.78 is 10.8. The van der Waals surface area contributed by atoms with Gasteiger partial charge in [0.15, 0.2) is 0 Å². The Kier molecular flexibility index (Phi) is 2.71. The summed E-state index contributed by atoms with van der Waals surface area (Å²) in [6, 6.07) is 3.39. The number of nitro groups is 1. The highest BCUT2D eigenvalue weighted by atomic mass is 31.2. The third-order valence-corrected chi connectivity index (χ3v) is 2.68. The normalized spacial score (nSPS) is 11.4. The van der Waals surface area contributed by atoms with E-state index in [1.165, 1.54) is 19.1 Å². The van der Waals surface area contributed by atoms with Gasteiger partial charge in [-0.25, -0.2) is 0 Å². The van der Waals surface area contributed by atoms with E-state index in [1.807, 2.05) is 0 Å². The summed E-state index contributed by atoms with van der Waals surface area (Å²) in [5.74, 6) is 0. The summed E-state index contributed by atoms with van der Waals surface area (Å²) in [6.07, 6.45) is 0. The van der Waals surface area contributed by atoms with Crippen LogP contribution in [0.4, 0.5) is 5.69 Å². The van der Waals surface area contributed by atoms with Crippen molar-refractivity contribution in [2.75, 3.05) is 0 Å². The number of hydrogen-bond donors (Lipinski definition) is 2. The molecule has 0 heterocycles. The van der Waals surface area contributed by atoms with Crippen LogP contribution in [-0.4, -0.2) is 14.7 Å². The van der Waals surface area contributed by atoms with Crippen LogP contribution in [0.15, 0.2) is 18.2 Å². The first-order valence-corrected chi connectivity index (χ1v) is 5.25. The van der Waals surface area contributed by atoms with Gasteiger partial charge in [0.2, 0.25) is 0 Å². The molecule has 0 saturated carbocycles. The van der Waals surface area contributed by atoms with E-state index >= 15 is 0 Å². The lowest BCUT2D eigenvalue weighted by Gasteiger charge is -2.04. The van der Waals surface area contributed by atoms with Crippen LogP contribution in [0.1, 0.15) is 5.56 Å². The first-order chi connectivity index (χ1) is 6.32. The quantitative estimate of drug-likeness (QED) is 0.431. The standard InChI is InChI=1S/C7H8NO5P/c1-5-2-3-6(14(11,12)13)4-7(5)8(9)10/h2-4H,1H3,(H2,11,12,13). The maximum atomic E-state index is 10.8. The largest absolute Gasteiger partial charge is 0.356 e. The van der Waals surface area contributed by atoms with Gasteiger partial charge in [0, 0.05) is 11.6 Å². The van der Waals surface area contributed by atoms with Crippen LogP contribution in [-0.2, 0) is 4.57 Å². The van der Waals surface area contributed by atoms with Crippen molar-refractivity contribution in [3.8, 4) is 0 Å². The molecule has 2 N–H and O–H groups in total. The molecule has 7 heteroatoms. The smallest absolute Gasteiger partial charge is 0.321 e. The number of aryl methyl sites for hydroxylation is 1. The first kappa shape index (κ1) is 10.8. The van der Waals surface area contributed by atoms with Gasteiger partial charge in [-0.15, -0.1) is 0 Å². The lowest BCUT2D eigenvalue weighted by molar-refractivity contribution is -0.385. The van der Waals surface area contributed by atoms with Gasteiger partial charge in [0.25, 0.3) is 5.69 Å². The highest BCUT2D eigenvalue weighted by Crippen LogP contribution is 2.34. The number of rotatable bonds is 2. The predicted molar refractivity (Wildman–Crippen MR) is 49.5 cm³/mol. The highest BCUT2D eigenvalue weighted by Gasteiger charge is 2.21. The van der Waals surface area contributed by atoms with Gasteiger partial charge in [-0.2, -0.15) is 0 Å². The lowest BCUT2D eigenvalue weighted by atomic mass is 10.2. The second-order valence-electron chi connectivity index (χ2n) is 2.77. The van der Waals surface area contributed by atoms with Crippen LogP contribution in [0.3, 0.4) is 0 Å². The molecule has 0 aliphatic rings. The van der Waals surface area contributed by atoms with Crippen molar-refractivity contribution in [1.82, 2.24) is 0 Å². The molecule has 76 valence electrons. The summed E-state index contributed by atoms with van der Waals surface area (Å²) in [4.78, 5) is 27.3. The minimum Gasteiger partial charge on any atom is -0.321 e. The number of nitro benzene ring substituents is 1. The molecule has 0 fully saturated rings. The molecule has 1 rings (SSSR count). The second kappa shape index (κ2) is 3.49. The van der Waals surface area contributed by atoms with Crippen LogP contribution >= 0.6 is 7.60 Å². The Morgan fingerprint density at radius 1 is 1.43 bits per heavy atom. The molecule has 0 aliphatic carbocycles. The monoisotopic (exact) mass is 217 g/mol. The van der Waals surface area contributed by atoms with Gasteiger partial charge < -0.3 is 9.79 Å². The lowest BCUT2D eigenvalue weighted by Crippen LogP contribution is -2.05. The van der Waals surface area contributed by atoms with Crippen LogP contribution < -0.4 is 5.30 Å². The summed E-state index contributed by atoms with van der Waals surface area (Å²) in [7, 11) is -4.41. The van der Waals surface area contributed by atoms with E-state index in [0.717, 1.165) is 6.07 Å². The maximum absolute atomic E-state index is 10.8. The van der Waals surface area contributed by atoms with Gasteiger partial charge in [-0.1, -0.05) is 6.07 Å². The van der Waals surface area contributed by atoms with E-state index in [2.05, 4.69) is 0 Å². The zero-order valence-electron chi connectivity index (χ0n) is 7.25. The van der Waals surface area contributed by atoms with E-state index in [-0.39, 0.29) is 11.0 Å². The molecule has 6 nitrogen and oxygen atoms in total. The first-order valence-electron chi connectivity index (χ1n) is 3.63. The topological polar surface area (TPSA) is 101 Å². The minimum absolute atomic E-state index is 0.286.